The molecular weight excluding hydrogens is 416 g/mol. The molecule has 2 N–H and O–H groups in total. The molecule has 0 bridgehead atoms. The number of hydrogen-bond acceptors (Lipinski definition) is 4. The summed E-state index contributed by atoms with van der Waals surface area (Å²) in [6.07, 6.45) is 3.43. The minimum atomic E-state index is -2.53. The smallest absolute Gasteiger partial charge is 0.326 e. The van der Waals surface area contributed by atoms with E-state index in [-0.39, 0.29) is 30.5 Å². The molecule has 3 aromatic rings. The van der Waals surface area contributed by atoms with Gasteiger partial charge in [-0.2, -0.15) is 0 Å². The Hall–Kier alpha value is -3.23. The Balaban J connectivity index is 1.24. The SMILES string of the molecule is Cn1c(=O)[nH]c2cc(C(=O)NCc3cnc4c(c3)CCN4C3CCC(F)(F)CC3)ccc21. The van der Waals surface area contributed by atoms with Crippen LogP contribution in [-0.2, 0) is 20.0 Å². The minimum Gasteiger partial charge on any atom is -0.353 e. The van der Waals surface area contributed by atoms with Crippen LogP contribution in [0.25, 0.3) is 11.0 Å². The van der Waals surface area contributed by atoms with Gasteiger partial charge >= 0.3 is 5.69 Å². The summed E-state index contributed by atoms with van der Waals surface area (Å²) >= 11 is 0. The minimum absolute atomic E-state index is 0.0592. The molecule has 1 aromatic carbocycles. The van der Waals surface area contributed by atoms with Crippen LogP contribution in [0.3, 0.4) is 0 Å². The van der Waals surface area contributed by atoms with Crippen molar-refractivity contribution in [1.82, 2.24) is 19.9 Å². The molecule has 0 radical (unpaired) electrons. The number of hydrogen-bond donors (Lipinski definition) is 2. The fraction of sp³-hybridized carbons (Fsp3) is 0.435. The summed E-state index contributed by atoms with van der Waals surface area (Å²) in [5.74, 6) is -1.88. The van der Waals surface area contributed by atoms with E-state index in [4.69, 9.17) is 0 Å². The number of imidazole rings is 1. The van der Waals surface area contributed by atoms with E-state index in [1.54, 1.807) is 31.4 Å². The van der Waals surface area contributed by atoms with Crippen LogP contribution in [-0.4, -0.2) is 39.0 Å². The van der Waals surface area contributed by atoms with Gasteiger partial charge in [0.1, 0.15) is 5.82 Å². The number of aromatic nitrogens is 3. The number of alkyl halides is 2. The molecule has 2 aliphatic rings. The Kier molecular flexibility index (Phi) is 4.98. The van der Waals surface area contributed by atoms with Crippen molar-refractivity contribution in [3.05, 3.63) is 57.6 Å². The molecule has 1 aliphatic carbocycles. The van der Waals surface area contributed by atoms with E-state index >= 15 is 0 Å². The monoisotopic (exact) mass is 441 g/mol. The molecular formula is C23H25F2N5O2. The fourth-order valence-electron chi connectivity index (χ4n) is 4.79. The number of aromatic amines is 1. The van der Waals surface area contributed by atoms with Crippen LogP contribution in [0.4, 0.5) is 14.6 Å². The van der Waals surface area contributed by atoms with Gasteiger partial charge in [0.05, 0.1) is 11.0 Å². The highest BCUT2D eigenvalue weighted by molar-refractivity contribution is 5.97. The van der Waals surface area contributed by atoms with E-state index in [0.717, 1.165) is 35.4 Å². The number of rotatable bonds is 4. The van der Waals surface area contributed by atoms with Crippen molar-refractivity contribution in [3.8, 4) is 0 Å². The van der Waals surface area contributed by atoms with Gasteiger partial charge in [-0.25, -0.2) is 18.6 Å². The molecule has 2 aromatic heterocycles. The fourth-order valence-corrected chi connectivity index (χ4v) is 4.79. The number of anilines is 1. The van der Waals surface area contributed by atoms with Crippen molar-refractivity contribution in [1.29, 1.82) is 0 Å². The third-order valence-electron chi connectivity index (χ3n) is 6.64. The van der Waals surface area contributed by atoms with Crippen LogP contribution in [0, 0.1) is 0 Å². The summed E-state index contributed by atoms with van der Waals surface area (Å²) in [6, 6.07) is 7.26. The highest BCUT2D eigenvalue weighted by Crippen LogP contribution is 2.38. The summed E-state index contributed by atoms with van der Waals surface area (Å²) < 4.78 is 28.5. The van der Waals surface area contributed by atoms with Crippen molar-refractivity contribution in [2.24, 2.45) is 7.05 Å². The predicted octanol–water partition coefficient (Wildman–Crippen LogP) is 3.13. The number of nitrogens with one attached hydrogen (secondary N) is 2. The van der Waals surface area contributed by atoms with Gasteiger partial charge in [-0.3, -0.25) is 9.36 Å². The molecule has 168 valence electrons. The lowest BCUT2D eigenvalue weighted by atomic mass is 9.91. The molecule has 0 spiro atoms. The number of halogens is 2. The zero-order valence-corrected chi connectivity index (χ0v) is 17.8. The number of benzene rings is 1. The third kappa shape index (κ3) is 3.76. The second-order valence-corrected chi connectivity index (χ2v) is 8.76. The van der Waals surface area contributed by atoms with Gasteiger partial charge in [-0.15, -0.1) is 0 Å². The van der Waals surface area contributed by atoms with Gasteiger partial charge in [-0.05, 0) is 54.7 Å². The van der Waals surface area contributed by atoms with E-state index < -0.39 is 5.92 Å². The summed E-state index contributed by atoms with van der Waals surface area (Å²) in [4.78, 5) is 33.8. The highest BCUT2D eigenvalue weighted by Gasteiger charge is 2.38. The van der Waals surface area contributed by atoms with Gasteiger partial charge in [0.15, 0.2) is 0 Å². The summed E-state index contributed by atoms with van der Waals surface area (Å²) in [7, 11) is 1.67. The molecule has 3 heterocycles. The number of aryl methyl sites for hydroxylation is 1. The third-order valence-corrected chi connectivity index (χ3v) is 6.64. The molecule has 1 fully saturated rings. The molecule has 0 unspecified atom stereocenters. The number of fused-ring (bicyclic) bond motifs is 2. The van der Waals surface area contributed by atoms with Crippen molar-refractivity contribution in [2.75, 3.05) is 11.4 Å². The maximum absolute atomic E-state index is 13.5. The number of pyridine rings is 1. The lowest BCUT2D eigenvalue weighted by Crippen LogP contribution is -2.40. The first kappa shape index (κ1) is 20.7. The van der Waals surface area contributed by atoms with Crippen LogP contribution in [0.1, 0.15) is 47.2 Å². The quantitative estimate of drug-likeness (QED) is 0.652. The first-order valence-electron chi connectivity index (χ1n) is 10.9. The summed E-state index contributed by atoms with van der Waals surface area (Å²) in [5.41, 5.74) is 3.58. The van der Waals surface area contributed by atoms with Gasteiger partial charge in [0.2, 0.25) is 5.92 Å². The van der Waals surface area contributed by atoms with E-state index in [9.17, 15) is 18.4 Å². The molecule has 1 amide bonds. The first-order valence-corrected chi connectivity index (χ1v) is 10.9. The van der Waals surface area contributed by atoms with Gasteiger partial charge in [-0.1, -0.05) is 0 Å². The van der Waals surface area contributed by atoms with Crippen molar-refractivity contribution < 1.29 is 13.6 Å². The maximum atomic E-state index is 13.5. The summed E-state index contributed by atoms with van der Waals surface area (Å²) in [5, 5.41) is 2.90. The standard InChI is InChI=1S/C23H25F2N5O2/c1-29-19-3-2-16(11-18(19)28-22(29)32)21(31)27-13-14-10-15-6-9-30(20(15)26-12-14)17-4-7-23(24,25)8-5-17/h2-3,10-12,17H,4-9,13H2,1H3,(H,27,31)(H,28,32). The molecule has 32 heavy (non-hydrogen) atoms. The van der Waals surface area contributed by atoms with Crippen molar-refractivity contribution in [2.45, 2.75) is 50.6 Å². The van der Waals surface area contributed by atoms with Crippen LogP contribution in [0.5, 0.6) is 0 Å². The summed E-state index contributed by atoms with van der Waals surface area (Å²) in [6.45, 7) is 1.13. The molecule has 7 nitrogen and oxygen atoms in total. The van der Waals surface area contributed by atoms with Gasteiger partial charge < -0.3 is 15.2 Å². The van der Waals surface area contributed by atoms with Crippen molar-refractivity contribution >= 4 is 22.8 Å². The van der Waals surface area contributed by atoms with E-state index in [2.05, 4.69) is 20.2 Å². The van der Waals surface area contributed by atoms with Crippen molar-refractivity contribution in [3.63, 3.8) is 0 Å². The predicted molar refractivity (Wildman–Crippen MR) is 117 cm³/mol. The van der Waals surface area contributed by atoms with E-state index in [0.29, 0.717) is 30.5 Å². The first-order chi connectivity index (χ1) is 15.3. The maximum Gasteiger partial charge on any atom is 0.326 e. The Bertz CT molecular complexity index is 1240. The Labute approximate surface area is 183 Å². The average molecular weight is 441 g/mol. The molecule has 0 saturated heterocycles. The Morgan fingerprint density at radius 2 is 2.06 bits per heavy atom. The lowest BCUT2D eigenvalue weighted by Gasteiger charge is -2.35. The van der Waals surface area contributed by atoms with Crippen LogP contribution in [0.2, 0.25) is 0 Å². The second kappa shape index (κ2) is 7.72. The molecule has 0 atom stereocenters. The number of carbonyl (C=O) groups is 1. The normalized spacial score (nSPS) is 18.2. The molecule has 9 heteroatoms. The largest absolute Gasteiger partial charge is 0.353 e. The topological polar surface area (TPSA) is 83.0 Å². The Morgan fingerprint density at radius 1 is 1.28 bits per heavy atom. The number of nitrogens with zero attached hydrogens (tertiary/aromatic N) is 3. The van der Waals surface area contributed by atoms with Gasteiger partial charge in [0, 0.05) is 50.8 Å². The van der Waals surface area contributed by atoms with Gasteiger partial charge in [0.25, 0.3) is 5.91 Å². The van der Waals surface area contributed by atoms with Crippen LogP contribution >= 0.6 is 0 Å². The average Bonchev–Trinajstić information content (AvgIpc) is 3.32. The zero-order chi connectivity index (χ0) is 22.5. The number of H-pyrrole nitrogens is 1. The molecule has 5 rings (SSSR count). The van der Waals surface area contributed by atoms with Crippen LogP contribution in [0.15, 0.2) is 35.3 Å². The highest BCUT2D eigenvalue weighted by atomic mass is 19.3. The zero-order valence-electron chi connectivity index (χ0n) is 17.8. The number of amides is 1. The van der Waals surface area contributed by atoms with Crippen LogP contribution < -0.4 is 15.9 Å². The molecule has 1 aliphatic heterocycles. The Morgan fingerprint density at radius 3 is 2.84 bits per heavy atom. The van der Waals surface area contributed by atoms with E-state index in [1.807, 2.05) is 6.07 Å². The molecule has 1 saturated carbocycles. The lowest BCUT2D eigenvalue weighted by molar-refractivity contribution is -0.0380. The van der Waals surface area contributed by atoms with E-state index in [1.165, 1.54) is 4.57 Å². The number of carbonyl (C=O) groups excluding carboxylic acids is 1. The second-order valence-electron chi connectivity index (χ2n) is 8.76.